The van der Waals surface area contributed by atoms with Gasteiger partial charge < -0.3 is 5.32 Å². The predicted molar refractivity (Wildman–Crippen MR) is 231 cm³/mol. The van der Waals surface area contributed by atoms with Crippen molar-refractivity contribution in [3.05, 3.63) is 211 Å². The van der Waals surface area contributed by atoms with E-state index in [4.69, 9.17) is 15.0 Å². The van der Waals surface area contributed by atoms with E-state index in [9.17, 15) is 0 Å². The van der Waals surface area contributed by atoms with Crippen LogP contribution in [0.2, 0.25) is 0 Å². The second-order valence-electron chi connectivity index (χ2n) is 13.7. The molecule has 0 amide bonds. The molecule has 55 heavy (non-hydrogen) atoms. The van der Waals surface area contributed by atoms with Crippen LogP contribution >= 0.6 is 11.3 Å². The summed E-state index contributed by atoms with van der Waals surface area (Å²) in [5.41, 5.74) is 11.4. The first kappa shape index (κ1) is 32.7. The van der Waals surface area contributed by atoms with Crippen molar-refractivity contribution < 1.29 is 0 Å². The van der Waals surface area contributed by atoms with Gasteiger partial charge in [0.05, 0.1) is 11.4 Å². The summed E-state index contributed by atoms with van der Waals surface area (Å²) in [5, 5.41) is 6.13. The molecule has 0 spiro atoms. The number of rotatable bonds is 7. The summed E-state index contributed by atoms with van der Waals surface area (Å²) in [6.07, 6.45) is -0.300. The van der Waals surface area contributed by atoms with Crippen LogP contribution in [0, 0.1) is 0 Å². The van der Waals surface area contributed by atoms with Crippen LogP contribution in [0.3, 0.4) is 0 Å². The second-order valence-corrected chi connectivity index (χ2v) is 14.7. The highest BCUT2D eigenvalue weighted by atomic mass is 32.1. The first-order chi connectivity index (χ1) is 27.2. The molecule has 0 saturated carbocycles. The van der Waals surface area contributed by atoms with Crippen LogP contribution in [0.15, 0.2) is 204 Å². The highest BCUT2D eigenvalue weighted by molar-refractivity contribution is 7.25. The van der Waals surface area contributed by atoms with Gasteiger partial charge in [-0.05, 0) is 64.2 Å². The van der Waals surface area contributed by atoms with E-state index in [-0.39, 0.29) is 6.17 Å². The van der Waals surface area contributed by atoms with Gasteiger partial charge >= 0.3 is 0 Å². The molecule has 9 aromatic rings. The van der Waals surface area contributed by atoms with Crippen molar-refractivity contribution in [1.82, 2.24) is 10.3 Å². The lowest BCUT2D eigenvalue weighted by Gasteiger charge is -2.24. The monoisotopic (exact) mass is 722 g/mol. The molecule has 0 saturated heterocycles. The Morgan fingerprint density at radius 3 is 1.80 bits per heavy atom. The zero-order valence-electron chi connectivity index (χ0n) is 29.8. The quantitative estimate of drug-likeness (QED) is 0.178. The van der Waals surface area contributed by atoms with Gasteiger partial charge in [0.15, 0.2) is 5.84 Å². The number of nitrogens with one attached hydrogen (secondary N) is 1. The van der Waals surface area contributed by atoms with Gasteiger partial charge in [-0.1, -0.05) is 158 Å². The fraction of sp³-hybridized carbons (Fsp3) is 0.0200. The number of pyridine rings is 1. The summed E-state index contributed by atoms with van der Waals surface area (Å²) in [5.74, 6) is 1.46. The first-order valence-electron chi connectivity index (χ1n) is 18.5. The Morgan fingerprint density at radius 1 is 0.418 bits per heavy atom. The van der Waals surface area contributed by atoms with Crippen LogP contribution in [0.25, 0.3) is 64.9 Å². The Morgan fingerprint density at radius 2 is 1.04 bits per heavy atom. The largest absolute Gasteiger partial charge is 0.344 e. The molecule has 7 aromatic carbocycles. The average molecular weight is 723 g/mol. The van der Waals surface area contributed by atoms with Crippen LogP contribution in [0.4, 0.5) is 0 Å². The third-order valence-electron chi connectivity index (χ3n) is 10.1. The Hall–Kier alpha value is -6.95. The minimum absolute atomic E-state index is 0.300. The molecule has 1 unspecified atom stereocenters. The van der Waals surface area contributed by atoms with E-state index in [1.807, 2.05) is 41.7 Å². The number of aliphatic imine (C=N–C) groups is 2. The average Bonchev–Trinajstić information content (AvgIpc) is 3.65. The summed E-state index contributed by atoms with van der Waals surface area (Å²) < 4.78 is 2.57. The third-order valence-corrected chi connectivity index (χ3v) is 11.3. The summed E-state index contributed by atoms with van der Waals surface area (Å²) in [7, 11) is 0. The smallest absolute Gasteiger partial charge is 0.159 e. The molecule has 0 aliphatic carbocycles. The maximum absolute atomic E-state index is 5.41. The van der Waals surface area contributed by atoms with Gasteiger partial charge in [0, 0.05) is 42.4 Å². The molecule has 1 aliphatic heterocycles. The van der Waals surface area contributed by atoms with E-state index >= 15 is 0 Å². The number of aromatic nitrogens is 1. The lowest BCUT2D eigenvalue weighted by atomic mass is 9.92. The number of benzene rings is 7. The number of nitrogens with zero attached hydrogens (tertiary/aromatic N) is 3. The maximum Gasteiger partial charge on any atom is 0.159 e. The number of hydrogen-bond donors (Lipinski definition) is 1. The van der Waals surface area contributed by atoms with Crippen LogP contribution in [-0.2, 0) is 0 Å². The molecule has 10 rings (SSSR count). The van der Waals surface area contributed by atoms with Gasteiger partial charge in [0.1, 0.15) is 12.0 Å². The lowest BCUT2D eigenvalue weighted by molar-refractivity contribution is 0.674. The van der Waals surface area contributed by atoms with Crippen LogP contribution in [-0.4, -0.2) is 16.7 Å². The summed E-state index contributed by atoms with van der Waals surface area (Å²) in [6, 6.07) is 68.1. The molecular formula is C50H34N4S. The molecule has 4 nitrogen and oxygen atoms in total. The highest BCUT2D eigenvalue weighted by Crippen LogP contribution is 2.40. The summed E-state index contributed by atoms with van der Waals surface area (Å²) in [4.78, 5) is 15.8. The van der Waals surface area contributed by atoms with E-state index < -0.39 is 0 Å². The predicted octanol–water partition coefficient (Wildman–Crippen LogP) is 12.6. The van der Waals surface area contributed by atoms with E-state index in [1.165, 1.54) is 20.2 Å². The van der Waals surface area contributed by atoms with E-state index in [0.29, 0.717) is 5.84 Å². The Balaban J connectivity index is 1.21. The van der Waals surface area contributed by atoms with Crippen LogP contribution < -0.4 is 5.32 Å². The third kappa shape index (κ3) is 6.41. The van der Waals surface area contributed by atoms with Crippen molar-refractivity contribution in [1.29, 1.82) is 0 Å². The second kappa shape index (κ2) is 14.1. The molecule has 3 heterocycles. The van der Waals surface area contributed by atoms with Crippen molar-refractivity contribution in [3.8, 4) is 44.8 Å². The normalized spacial score (nSPS) is 14.0. The van der Waals surface area contributed by atoms with Gasteiger partial charge in [-0.3, -0.25) is 0 Å². The van der Waals surface area contributed by atoms with E-state index in [2.05, 4.69) is 169 Å². The fourth-order valence-electron chi connectivity index (χ4n) is 7.39. The zero-order chi connectivity index (χ0) is 36.6. The molecule has 0 bridgehead atoms. The highest BCUT2D eigenvalue weighted by Gasteiger charge is 2.23. The Labute approximate surface area is 323 Å². The number of fused-ring (bicyclic) bond motifs is 3. The fourth-order valence-corrected chi connectivity index (χ4v) is 8.48. The molecule has 1 atom stereocenters. The lowest BCUT2D eigenvalue weighted by Crippen LogP contribution is -2.33. The van der Waals surface area contributed by atoms with Crippen molar-refractivity contribution in [3.63, 3.8) is 0 Å². The van der Waals surface area contributed by atoms with Crippen LogP contribution in [0.1, 0.15) is 22.9 Å². The molecule has 0 fully saturated rings. The first-order valence-corrected chi connectivity index (χ1v) is 19.3. The number of amidine groups is 2. The molecular weight excluding hydrogens is 689 g/mol. The maximum atomic E-state index is 5.41. The topological polar surface area (TPSA) is 49.6 Å². The molecule has 5 heteroatoms. The standard InChI is InChI=1S/C50H34N4S/c1-5-15-33(16-6-1)39-31-44(34-17-7-2-8-18-34)51-45(32-39)42-30-38(25-27-40(42)37-26-28-47-43(29-37)41-23-13-14-24-46(41)55-47)50-53-48(35-19-9-3-10-20-35)52-49(54-50)36-21-11-4-12-22-36/h1-32,48H,(H,52,53,54). The number of thiophene rings is 1. The van der Waals surface area contributed by atoms with Crippen LogP contribution in [0.5, 0.6) is 0 Å². The minimum Gasteiger partial charge on any atom is -0.344 e. The molecule has 260 valence electrons. The van der Waals surface area contributed by atoms with Crippen molar-refractivity contribution >= 4 is 43.2 Å². The van der Waals surface area contributed by atoms with Gasteiger partial charge in [0.2, 0.25) is 0 Å². The van der Waals surface area contributed by atoms with Crippen molar-refractivity contribution in [2.45, 2.75) is 6.17 Å². The molecule has 1 N–H and O–H groups in total. The SMILES string of the molecule is c1ccc(C2=NC(c3ccc(-c4ccc5sc6ccccc6c5c4)c(-c4cc(-c5ccccc5)cc(-c5ccccc5)n4)c3)=NC(c3ccccc3)N2)cc1. The van der Waals surface area contributed by atoms with Crippen molar-refractivity contribution in [2.24, 2.45) is 9.98 Å². The Kier molecular flexibility index (Phi) is 8.39. The summed E-state index contributed by atoms with van der Waals surface area (Å²) in [6.45, 7) is 0. The summed E-state index contributed by atoms with van der Waals surface area (Å²) >= 11 is 1.83. The number of hydrogen-bond acceptors (Lipinski definition) is 5. The molecule has 0 radical (unpaired) electrons. The minimum atomic E-state index is -0.300. The van der Waals surface area contributed by atoms with E-state index in [0.717, 1.165) is 67.3 Å². The zero-order valence-corrected chi connectivity index (χ0v) is 30.6. The molecule has 2 aromatic heterocycles. The van der Waals surface area contributed by atoms with Gasteiger partial charge in [-0.2, -0.15) is 0 Å². The van der Waals surface area contributed by atoms with Gasteiger partial charge in [0.25, 0.3) is 0 Å². The van der Waals surface area contributed by atoms with Crippen molar-refractivity contribution in [2.75, 3.05) is 0 Å². The van der Waals surface area contributed by atoms with Gasteiger partial charge in [-0.15, -0.1) is 11.3 Å². The van der Waals surface area contributed by atoms with Gasteiger partial charge in [-0.25, -0.2) is 15.0 Å². The van der Waals surface area contributed by atoms with E-state index in [1.54, 1.807) is 0 Å². The molecule has 1 aliphatic rings. The Bertz CT molecular complexity index is 2820.